The first-order valence-electron chi connectivity index (χ1n) is 5.40. The number of carbonyl (C=O) groups is 2. The highest BCUT2D eigenvalue weighted by atomic mass is 32.1. The Labute approximate surface area is 101 Å². The first kappa shape index (κ1) is 13.3. The zero-order chi connectivity index (χ0) is 12.2. The topological polar surface area (TPSA) is 69.6 Å². The fourth-order valence-corrected chi connectivity index (χ4v) is 2.45. The number of hydrogen-bond acceptors (Lipinski definition) is 4. The summed E-state index contributed by atoms with van der Waals surface area (Å²) in [6.07, 6.45) is 1.77. The number of aliphatic carboxylic acids is 1. The Kier molecular flexibility index (Phi) is 4.61. The molecule has 0 saturated carbocycles. The summed E-state index contributed by atoms with van der Waals surface area (Å²) >= 11 is 4.47. The first-order valence-corrected chi connectivity index (χ1v) is 5.85. The van der Waals surface area contributed by atoms with E-state index < -0.39 is 16.8 Å². The van der Waals surface area contributed by atoms with Crippen molar-refractivity contribution in [1.29, 1.82) is 0 Å². The number of carbonyl (C=O) groups excluding carboxylic acids is 1. The second-order valence-corrected chi connectivity index (χ2v) is 4.98. The van der Waals surface area contributed by atoms with E-state index in [2.05, 4.69) is 29.8 Å². The van der Waals surface area contributed by atoms with Crippen molar-refractivity contribution < 1.29 is 14.7 Å². The van der Waals surface area contributed by atoms with Crippen LogP contribution in [0.3, 0.4) is 0 Å². The lowest BCUT2D eigenvalue weighted by molar-refractivity contribution is -0.142. The molecule has 6 heteroatoms. The number of thiol groups is 1. The summed E-state index contributed by atoms with van der Waals surface area (Å²) in [6, 6.07) is -0.910. The van der Waals surface area contributed by atoms with Crippen LogP contribution >= 0.6 is 12.6 Å². The standard InChI is InChI=1S/C10H18N2O3S/c1-2-12-5-3-10(16,4-6-12)8(9(14)15)11-7-13/h7-8,16H,2-6H2,1H3,(H,11,13)(H,14,15)/t8-/m1/s1. The van der Waals surface area contributed by atoms with E-state index in [1.54, 1.807) is 0 Å². The summed E-state index contributed by atoms with van der Waals surface area (Å²) in [7, 11) is 0. The molecule has 1 fully saturated rings. The largest absolute Gasteiger partial charge is 0.480 e. The van der Waals surface area contributed by atoms with Gasteiger partial charge >= 0.3 is 5.97 Å². The SMILES string of the molecule is CCN1CCC(S)([C@H](NC=O)C(=O)O)CC1. The Bertz CT molecular complexity index is 265. The molecule has 0 radical (unpaired) electrons. The molecule has 92 valence electrons. The number of rotatable bonds is 5. The van der Waals surface area contributed by atoms with Gasteiger partial charge in [0.05, 0.1) is 0 Å². The molecule has 0 spiro atoms. The lowest BCUT2D eigenvalue weighted by Gasteiger charge is -2.41. The van der Waals surface area contributed by atoms with Crippen molar-refractivity contribution in [3.63, 3.8) is 0 Å². The molecule has 5 nitrogen and oxygen atoms in total. The maximum atomic E-state index is 11.1. The Morgan fingerprint density at radius 2 is 2.19 bits per heavy atom. The summed E-state index contributed by atoms with van der Waals surface area (Å²) in [6.45, 7) is 4.68. The quantitative estimate of drug-likeness (QED) is 0.471. The summed E-state index contributed by atoms with van der Waals surface area (Å²) in [4.78, 5) is 23.7. The molecule has 0 aromatic rings. The molecule has 0 aliphatic carbocycles. The average molecular weight is 246 g/mol. The molecule has 1 saturated heterocycles. The zero-order valence-corrected chi connectivity index (χ0v) is 10.2. The number of nitrogens with one attached hydrogen (secondary N) is 1. The molecule has 1 atom stereocenters. The van der Waals surface area contributed by atoms with Crippen molar-refractivity contribution in [2.24, 2.45) is 0 Å². The van der Waals surface area contributed by atoms with Gasteiger partial charge in [-0.1, -0.05) is 6.92 Å². The molecule has 16 heavy (non-hydrogen) atoms. The Hall–Kier alpha value is -0.750. The predicted molar refractivity (Wildman–Crippen MR) is 63.7 cm³/mol. The zero-order valence-electron chi connectivity index (χ0n) is 9.35. The second-order valence-electron chi connectivity index (χ2n) is 4.09. The van der Waals surface area contributed by atoms with Crippen LogP contribution in [0.15, 0.2) is 0 Å². The van der Waals surface area contributed by atoms with Crippen LogP contribution in [-0.4, -0.2) is 52.8 Å². The van der Waals surface area contributed by atoms with Crippen molar-refractivity contribution in [3.8, 4) is 0 Å². The van der Waals surface area contributed by atoms with Gasteiger partial charge in [0.15, 0.2) is 0 Å². The fourth-order valence-electron chi connectivity index (χ4n) is 2.07. The van der Waals surface area contributed by atoms with Crippen molar-refractivity contribution in [1.82, 2.24) is 10.2 Å². The van der Waals surface area contributed by atoms with Gasteiger partial charge in [0, 0.05) is 4.75 Å². The number of carboxylic acids is 1. The van der Waals surface area contributed by atoms with Crippen LogP contribution in [0.2, 0.25) is 0 Å². The fraction of sp³-hybridized carbons (Fsp3) is 0.800. The smallest absolute Gasteiger partial charge is 0.327 e. The Morgan fingerprint density at radius 1 is 1.62 bits per heavy atom. The van der Waals surface area contributed by atoms with Crippen molar-refractivity contribution in [2.75, 3.05) is 19.6 Å². The molecule has 1 amide bonds. The lowest BCUT2D eigenvalue weighted by Crippen LogP contribution is -2.56. The van der Waals surface area contributed by atoms with E-state index in [1.807, 2.05) is 0 Å². The number of amides is 1. The molecule has 1 aliphatic heterocycles. The number of nitrogens with zero attached hydrogens (tertiary/aromatic N) is 1. The summed E-state index contributed by atoms with van der Waals surface area (Å²) < 4.78 is -0.640. The van der Waals surface area contributed by atoms with Gasteiger partial charge in [0.25, 0.3) is 0 Å². The van der Waals surface area contributed by atoms with Crippen LogP contribution in [0.1, 0.15) is 19.8 Å². The molecule has 0 unspecified atom stereocenters. The molecule has 0 bridgehead atoms. The molecule has 0 aromatic heterocycles. The summed E-state index contributed by atoms with van der Waals surface area (Å²) in [5.41, 5.74) is 0. The van der Waals surface area contributed by atoms with E-state index in [9.17, 15) is 9.59 Å². The minimum absolute atomic E-state index is 0.433. The third-order valence-electron chi connectivity index (χ3n) is 3.19. The van der Waals surface area contributed by atoms with E-state index in [0.29, 0.717) is 19.3 Å². The van der Waals surface area contributed by atoms with Gasteiger partial charge in [0.1, 0.15) is 6.04 Å². The van der Waals surface area contributed by atoms with E-state index in [-0.39, 0.29) is 0 Å². The van der Waals surface area contributed by atoms with Crippen molar-refractivity contribution in [3.05, 3.63) is 0 Å². The molecular weight excluding hydrogens is 228 g/mol. The van der Waals surface area contributed by atoms with Crippen molar-refractivity contribution in [2.45, 2.75) is 30.6 Å². The molecule has 2 N–H and O–H groups in total. The average Bonchev–Trinajstić information content (AvgIpc) is 2.26. The van der Waals surface area contributed by atoms with Gasteiger partial charge < -0.3 is 15.3 Å². The van der Waals surface area contributed by atoms with Crippen LogP contribution in [0.5, 0.6) is 0 Å². The number of carboxylic acid groups (broad SMARTS) is 1. The van der Waals surface area contributed by atoms with Crippen LogP contribution in [-0.2, 0) is 9.59 Å². The van der Waals surface area contributed by atoms with E-state index >= 15 is 0 Å². The Morgan fingerprint density at radius 3 is 2.56 bits per heavy atom. The van der Waals surface area contributed by atoms with Gasteiger partial charge in [-0.2, -0.15) is 12.6 Å². The van der Waals surface area contributed by atoms with Crippen LogP contribution in [0, 0.1) is 0 Å². The molecule has 0 aromatic carbocycles. The highest BCUT2D eigenvalue weighted by Gasteiger charge is 2.42. The number of hydrogen-bond donors (Lipinski definition) is 3. The van der Waals surface area contributed by atoms with E-state index in [1.165, 1.54) is 0 Å². The van der Waals surface area contributed by atoms with Gasteiger partial charge in [-0.3, -0.25) is 4.79 Å². The van der Waals surface area contributed by atoms with Gasteiger partial charge in [-0.05, 0) is 32.5 Å². The third-order valence-corrected chi connectivity index (χ3v) is 3.89. The summed E-state index contributed by atoms with van der Waals surface area (Å²) in [5, 5.41) is 11.4. The first-order chi connectivity index (χ1) is 7.53. The minimum Gasteiger partial charge on any atom is -0.480 e. The normalized spacial score (nSPS) is 22.4. The highest BCUT2D eigenvalue weighted by Crippen LogP contribution is 2.32. The van der Waals surface area contributed by atoms with Crippen molar-refractivity contribution >= 4 is 25.0 Å². The lowest BCUT2D eigenvalue weighted by atomic mass is 9.88. The molecule has 1 heterocycles. The number of likely N-dealkylation sites (tertiary alicyclic amines) is 1. The maximum Gasteiger partial charge on any atom is 0.327 e. The van der Waals surface area contributed by atoms with Gasteiger partial charge in [0.2, 0.25) is 6.41 Å². The maximum absolute atomic E-state index is 11.1. The summed E-state index contributed by atoms with van der Waals surface area (Å²) in [5.74, 6) is -1.02. The van der Waals surface area contributed by atoms with E-state index in [0.717, 1.165) is 19.6 Å². The highest BCUT2D eigenvalue weighted by molar-refractivity contribution is 7.82. The van der Waals surface area contributed by atoms with Crippen LogP contribution < -0.4 is 5.32 Å². The number of piperidine rings is 1. The minimum atomic E-state index is -1.02. The predicted octanol–water partition coefficient (Wildman–Crippen LogP) is -0.0301. The molecule has 1 rings (SSSR count). The van der Waals surface area contributed by atoms with Gasteiger partial charge in [-0.25, -0.2) is 4.79 Å². The van der Waals surface area contributed by atoms with Crippen LogP contribution in [0.25, 0.3) is 0 Å². The van der Waals surface area contributed by atoms with E-state index in [4.69, 9.17) is 5.11 Å². The third kappa shape index (κ3) is 2.89. The molecular formula is C10H18N2O3S. The molecule has 1 aliphatic rings. The monoisotopic (exact) mass is 246 g/mol. The Balaban J connectivity index is 2.68. The second kappa shape index (κ2) is 5.54. The van der Waals surface area contributed by atoms with Gasteiger partial charge in [-0.15, -0.1) is 0 Å². The van der Waals surface area contributed by atoms with Crippen LogP contribution in [0.4, 0.5) is 0 Å².